The van der Waals surface area contributed by atoms with Crippen LogP contribution in [0.15, 0.2) is 0 Å². The van der Waals surface area contributed by atoms with Crippen molar-refractivity contribution < 1.29 is 19.5 Å². The summed E-state index contributed by atoms with van der Waals surface area (Å²) in [5.74, 6) is -1.11. The molecule has 6 nitrogen and oxygen atoms in total. The van der Waals surface area contributed by atoms with Crippen LogP contribution in [0.3, 0.4) is 0 Å². The number of hydrogen-bond acceptors (Lipinski definition) is 3. The molecule has 0 aromatic heterocycles. The zero-order chi connectivity index (χ0) is 15.3. The Labute approximate surface area is 119 Å². The minimum absolute atomic E-state index is 0.209. The Kier molecular flexibility index (Phi) is 5.53. The van der Waals surface area contributed by atoms with Crippen molar-refractivity contribution in [2.24, 2.45) is 11.3 Å². The second-order valence-corrected chi connectivity index (χ2v) is 6.08. The molecule has 1 saturated heterocycles. The van der Waals surface area contributed by atoms with Crippen LogP contribution in [0.4, 0.5) is 4.79 Å². The van der Waals surface area contributed by atoms with Crippen molar-refractivity contribution in [2.45, 2.75) is 46.5 Å². The van der Waals surface area contributed by atoms with Gasteiger partial charge in [0.2, 0.25) is 5.91 Å². The summed E-state index contributed by atoms with van der Waals surface area (Å²) < 4.78 is 0. The highest BCUT2D eigenvalue weighted by molar-refractivity contribution is 5.96. The number of carbonyl (C=O) groups is 3. The summed E-state index contributed by atoms with van der Waals surface area (Å²) in [7, 11) is 0. The molecule has 0 aliphatic carbocycles. The normalized spacial score (nSPS) is 19.6. The SMILES string of the molecule is CCC1CCCN(C(=O)NC(=O)CC(C)(C)C(=O)O)C1. The van der Waals surface area contributed by atoms with E-state index in [1.54, 1.807) is 4.90 Å². The molecule has 2 N–H and O–H groups in total. The van der Waals surface area contributed by atoms with Gasteiger partial charge < -0.3 is 10.0 Å². The first-order valence-corrected chi connectivity index (χ1v) is 7.08. The van der Waals surface area contributed by atoms with E-state index in [0.29, 0.717) is 19.0 Å². The van der Waals surface area contributed by atoms with Gasteiger partial charge in [0.15, 0.2) is 0 Å². The standard InChI is InChI=1S/C14H24N2O4/c1-4-10-6-5-7-16(9-10)13(20)15-11(17)8-14(2,3)12(18)19/h10H,4-9H2,1-3H3,(H,18,19)(H,15,17,20). The van der Waals surface area contributed by atoms with E-state index in [0.717, 1.165) is 19.3 Å². The smallest absolute Gasteiger partial charge is 0.324 e. The van der Waals surface area contributed by atoms with Gasteiger partial charge in [-0.2, -0.15) is 0 Å². The van der Waals surface area contributed by atoms with E-state index >= 15 is 0 Å². The maximum Gasteiger partial charge on any atom is 0.324 e. The molecule has 0 aromatic rings. The minimum Gasteiger partial charge on any atom is -0.481 e. The predicted molar refractivity (Wildman–Crippen MR) is 74.2 cm³/mol. The molecule has 1 aliphatic heterocycles. The highest BCUT2D eigenvalue weighted by Gasteiger charge is 2.31. The number of nitrogens with one attached hydrogen (secondary N) is 1. The van der Waals surface area contributed by atoms with Crippen LogP contribution >= 0.6 is 0 Å². The number of nitrogens with zero attached hydrogens (tertiary/aromatic N) is 1. The van der Waals surface area contributed by atoms with Gasteiger partial charge in [0, 0.05) is 19.5 Å². The van der Waals surface area contributed by atoms with Crippen molar-refractivity contribution in [1.29, 1.82) is 0 Å². The number of likely N-dealkylation sites (tertiary alicyclic amines) is 1. The van der Waals surface area contributed by atoms with Gasteiger partial charge in [-0.15, -0.1) is 0 Å². The fourth-order valence-electron chi connectivity index (χ4n) is 2.30. The molecule has 1 atom stereocenters. The Morgan fingerprint density at radius 2 is 2.00 bits per heavy atom. The van der Waals surface area contributed by atoms with Crippen LogP contribution in [-0.4, -0.2) is 41.0 Å². The highest BCUT2D eigenvalue weighted by Crippen LogP contribution is 2.21. The summed E-state index contributed by atoms with van der Waals surface area (Å²) in [6, 6.07) is -0.408. The fraction of sp³-hybridized carbons (Fsp3) is 0.786. The summed E-state index contributed by atoms with van der Waals surface area (Å²) in [5.41, 5.74) is -1.17. The van der Waals surface area contributed by atoms with Crippen molar-refractivity contribution in [3.63, 3.8) is 0 Å². The van der Waals surface area contributed by atoms with Gasteiger partial charge in [0.05, 0.1) is 5.41 Å². The Hall–Kier alpha value is -1.59. The molecule has 114 valence electrons. The van der Waals surface area contributed by atoms with Crippen LogP contribution in [0, 0.1) is 11.3 Å². The molecule has 0 saturated carbocycles. The second-order valence-electron chi connectivity index (χ2n) is 6.08. The number of aliphatic carboxylic acids is 1. The zero-order valence-corrected chi connectivity index (χ0v) is 12.4. The molecular formula is C14H24N2O4. The monoisotopic (exact) mass is 284 g/mol. The van der Waals surface area contributed by atoms with E-state index in [4.69, 9.17) is 5.11 Å². The average Bonchev–Trinajstić information content (AvgIpc) is 2.37. The molecule has 6 heteroatoms. The quantitative estimate of drug-likeness (QED) is 0.824. The molecule has 1 unspecified atom stereocenters. The summed E-state index contributed by atoms with van der Waals surface area (Å²) in [4.78, 5) is 36.3. The van der Waals surface area contributed by atoms with Gasteiger partial charge in [-0.1, -0.05) is 13.3 Å². The summed E-state index contributed by atoms with van der Waals surface area (Å²) in [6.07, 6.45) is 2.86. The maximum atomic E-state index is 12.0. The molecule has 1 aliphatic rings. The third kappa shape index (κ3) is 4.51. The maximum absolute atomic E-state index is 12.0. The van der Waals surface area contributed by atoms with Crippen LogP contribution in [-0.2, 0) is 9.59 Å². The Balaban J connectivity index is 2.49. The largest absolute Gasteiger partial charge is 0.481 e. The summed E-state index contributed by atoms with van der Waals surface area (Å²) in [6.45, 7) is 6.34. The minimum atomic E-state index is -1.17. The number of carbonyl (C=O) groups excluding carboxylic acids is 2. The van der Waals surface area contributed by atoms with Crippen LogP contribution in [0.2, 0.25) is 0 Å². The Morgan fingerprint density at radius 1 is 1.35 bits per heavy atom. The second kappa shape index (κ2) is 6.72. The molecule has 1 fully saturated rings. The first-order chi connectivity index (χ1) is 9.26. The number of rotatable bonds is 4. The van der Waals surface area contributed by atoms with Gasteiger partial charge in [-0.25, -0.2) is 4.79 Å². The Morgan fingerprint density at radius 3 is 2.55 bits per heavy atom. The predicted octanol–water partition coefficient (Wildman–Crippen LogP) is 1.85. The first-order valence-electron chi connectivity index (χ1n) is 7.08. The van der Waals surface area contributed by atoms with Crippen molar-refractivity contribution in [3.8, 4) is 0 Å². The van der Waals surface area contributed by atoms with Gasteiger partial charge in [-0.3, -0.25) is 14.9 Å². The number of carboxylic acid groups (broad SMARTS) is 1. The number of imide groups is 1. The molecule has 1 heterocycles. The topological polar surface area (TPSA) is 86.7 Å². The lowest BCUT2D eigenvalue weighted by molar-refractivity contribution is -0.149. The van der Waals surface area contributed by atoms with Crippen LogP contribution in [0.5, 0.6) is 0 Å². The fourth-order valence-corrected chi connectivity index (χ4v) is 2.30. The lowest BCUT2D eigenvalue weighted by Crippen LogP contribution is -2.48. The van der Waals surface area contributed by atoms with E-state index in [9.17, 15) is 14.4 Å². The molecule has 3 amide bonds. The van der Waals surface area contributed by atoms with Crippen LogP contribution in [0.1, 0.15) is 46.5 Å². The number of piperidine rings is 1. The van der Waals surface area contributed by atoms with E-state index in [-0.39, 0.29) is 6.42 Å². The summed E-state index contributed by atoms with van der Waals surface area (Å²) in [5, 5.41) is 11.3. The lowest BCUT2D eigenvalue weighted by atomic mass is 9.89. The van der Waals surface area contributed by atoms with Gasteiger partial charge >= 0.3 is 12.0 Å². The molecule has 0 spiro atoms. The Bertz CT molecular complexity index is 393. The van der Waals surface area contributed by atoms with E-state index in [2.05, 4.69) is 12.2 Å². The zero-order valence-electron chi connectivity index (χ0n) is 12.4. The van der Waals surface area contributed by atoms with E-state index in [1.807, 2.05) is 0 Å². The number of carboxylic acids is 1. The average molecular weight is 284 g/mol. The first kappa shape index (κ1) is 16.5. The third-order valence-corrected chi connectivity index (χ3v) is 3.81. The number of urea groups is 1. The molecule has 1 rings (SSSR count). The van der Waals surface area contributed by atoms with Crippen LogP contribution < -0.4 is 5.32 Å². The van der Waals surface area contributed by atoms with Crippen molar-refractivity contribution in [2.75, 3.05) is 13.1 Å². The van der Waals surface area contributed by atoms with Gasteiger partial charge in [0.1, 0.15) is 0 Å². The third-order valence-electron chi connectivity index (χ3n) is 3.81. The van der Waals surface area contributed by atoms with Crippen molar-refractivity contribution in [3.05, 3.63) is 0 Å². The molecule has 0 bridgehead atoms. The van der Waals surface area contributed by atoms with Gasteiger partial charge in [-0.05, 0) is 32.6 Å². The molecule has 0 aromatic carbocycles. The molecule has 0 radical (unpaired) electrons. The van der Waals surface area contributed by atoms with E-state index in [1.165, 1.54) is 13.8 Å². The summed E-state index contributed by atoms with van der Waals surface area (Å²) >= 11 is 0. The highest BCUT2D eigenvalue weighted by atomic mass is 16.4. The number of amides is 3. The van der Waals surface area contributed by atoms with Crippen LogP contribution in [0.25, 0.3) is 0 Å². The van der Waals surface area contributed by atoms with Crippen molar-refractivity contribution in [1.82, 2.24) is 10.2 Å². The molecular weight excluding hydrogens is 260 g/mol. The number of hydrogen-bond donors (Lipinski definition) is 2. The molecule has 20 heavy (non-hydrogen) atoms. The lowest BCUT2D eigenvalue weighted by Gasteiger charge is -2.32. The van der Waals surface area contributed by atoms with Gasteiger partial charge in [0.25, 0.3) is 0 Å². The van der Waals surface area contributed by atoms with Crippen molar-refractivity contribution >= 4 is 17.9 Å². The van der Waals surface area contributed by atoms with E-state index < -0.39 is 23.3 Å².